The monoisotopic (exact) mass is 404 g/mol. The van der Waals surface area contributed by atoms with Gasteiger partial charge in [0.2, 0.25) is 0 Å². The molecule has 2 N–H and O–H groups in total. The number of benzene rings is 3. The second-order valence-corrected chi connectivity index (χ2v) is 6.76. The number of carbonyl (C=O) groups is 2. The Labute approximate surface area is 175 Å². The van der Waals surface area contributed by atoms with Crippen LogP contribution in [0.4, 0.5) is 9.59 Å². The van der Waals surface area contributed by atoms with Crippen molar-refractivity contribution in [2.45, 2.75) is 26.3 Å². The number of hydrogen-bond acceptors (Lipinski definition) is 4. The highest BCUT2D eigenvalue weighted by atomic mass is 16.6. The summed E-state index contributed by atoms with van der Waals surface area (Å²) >= 11 is 0. The average molecular weight is 404 g/mol. The summed E-state index contributed by atoms with van der Waals surface area (Å²) in [4.78, 5) is 24.6. The van der Waals surface area contributed by atoms with E-state index < -0.39 is 18.4 Å². The topological polar surface area (TPSA) is 76.7 Å². The van der Waals surface area contributed by atoms with Crippen LogP contribution in [0.25, 0.3) is 0 Å². The minimum atomic E-state index is -0.794. The van der Waals surface area contributed by atoms with Crippen LogP contribution in [-0.4, -0.2) is 12.2 Å². The Balaban J connectivity index is 1.60. The van der Waals surface area contributed by atoms with Gasteiger partial charge in [0.05, 0.1) is 0 Å². The average Bonchev–Trinajstić information content (AvgIpc) is 2.78. The largest absolute Gasteiger partial charge is 0.445 e. The van der Waals surface area contributed by atoms with E-state index in [1.807, 2.05) is 91.9 Å². The number of carbonyl (C=O) groups excluding carboxylic acids is 2. The predicted octanol–water partition coefficient (Wildman–Crippen LogP) is 4.85. The molecule has 0 saturated carbocycles. The van der Waals surface area contributed by atoms with Gasteiger partial charge < -0.3 is 9.47 Å². The van der Waals surface area contributed by atoms with Crippen molar-refractivity contribution < 1.29 is 19.1 Å². The van der Waals surface area contributed by atoms with Gasteiger partial charge in [0, 0.05) is 0 Å². The fourth-order valence-corrected chi connectivity index (χ4v) is 2.73. The molecule has 0 aliphatic rings. The van der Waals surface area contributed by atoms with Crippen LogP contribution in [-0.2, 0) is 22.7 Å². The van der Waals surface area contributed by atoms with Crippen LogP contribution < -0.4 is 10.6 Å². The van der Waals surface area contributed by atoms with Crippen molar-refractivity contribution in [3.05, 3.63) is 107 Å². The molecule has 0 unspecified atom stereocenters. The van der Waals surface area contributed by atoms with Crippen LogP contribution in [0.1, 0.15) is 28.4 Å². The Hall–Kier alpha value is -3.80. The quantitative estimate of drug-likeness (QED) is 0.552. The third kappa shape index (κ3) is 6.67. The number of rotatable bonds is 7. The standard InChI is InChI=1S/C24H24N2O4/c1-18-12-14-21(15-13-18)22(25-23(27)29-16-19-8-4-2-5-9-19)26-24(28)30-17-20-10-6-3-7-11-20/h2-15,22H,16-17H2,1H3,(H,25,27)(H,26,28). The first-order valence-corrected chi connectivity index (χ1v) is 9.61. The van der Waals surface area contributed by atoms with Gasteiger partial charge in [0.1, 0.15) is 19.4 Å². The second-order valence-electron chi connectivity index (χ2n) is 6.76. The molecule has 6 nitrogen and oxygen atoms in total. The molecule has 3 aromatic carbocycles. The summed E-state index contributed by atoms with van der Waals surface area (Å²) < 4.78 is 10.5. The van der Waals surface area contributed by atoms with Crippen LogP contribution in [0.5, 0.6) is 0 Å². The Bertz CT molecular complexity index is 886. The van der Waals surface area contributed by atoms with Gasteiger partial charge in [-0.2, -0.15) is 0 Å². The lowest BCUT2D eigenvalue weighted by Crippen LogP contribution is -2.41. The minimum Gasteiger partial charge on any atom is -0.445 e. The molecule has 0 aliphatic heterocycles. The van der Waals surface area contributed by atoms with E-state index in [4.69, 9.17) is 9.47 Å². The van der Waals surface area contributed by atoms with Gasteiger partial charge in [-0.25, -0.2) is 9.59 Å². The van der Waals surface area contributed by atoms with E-state index in [9.17, 15) is 9.59 Å². The molecule has 30 heavy (non-hydrogen) atoms. The number of alkyl carbamates (subject to hydrolysis) is 2. The summed E-state index contributed by atoms with van der Waals surface area (Å²) in [5.74, 6) is 0. The summed E-state index contributed by atoms with van der Waals surface area (Å²) in [7, 11) is 0. The highest BCUT2D eigenvalue weighted by Crippen LogP contribution is 2.13. The lowest BCUT2D eigenvalue weighted by atomic mass is 10.1. The minimum absolute atomic E-state index is 0.131. The van der Waals surface area contributed by atoms with Gasteiger partial charge in [-0.1, -0.05) is 90.5 Å². The van der Waals surface area contributed by atoms with Crippen molar-refractivity contribution in [2.75, 3.05) is 0 Å². The molecular formula is C24H24N2O4. The highest BCUT2D eigenvalue weighted by molar-refractivity contribution is 5.71. The summed E-state index contributed by atoms with van der Waals surface area (Å²) in [6.45, 7) is 2.22. The van der Waals surface area contributed by atoms with Crippen molar-refractivity contribution in [3.63, 3.8) is 0 Å². The molecule has 0 atom stereocenters. The zero-order valence-corrected chi connectivity index (χ0v) is 16.7. The second kappa shape index (κ2) is 10.7. The Morgan fingerprint density at radius 3 is 1.57 bits per heavy atom. The molecule has 0 saturated heterocycles. The van der Waals surface area contributed by atoms with Crippen molar-refractivity contribution >= 4 is 12.2 Å². The summed E-state index contributed by atoms with van der Waals surface area (Å²) in [6.07, 6.45) is -2.09. The molecule has 0 aliphatic carbocycles. The number of amides is 2. The smallest absolute Gasteiger partial charge is 0.409 e. The Morgan fingerprint density at radius 2 is 1.13 bits per heavy atom. The highest BCUT2D eigenvalue weighted by Gasteiger charge is 2.19. The predicted molar refractivity (Wildman–Crippen MR) is 113 cm³/mol. The molecule has 0 bridgehead atoms. The maximum absolute atomic E-state index is 12.3. The van der Waals surface area contributed by atoms with Crippen LogP contribution in [0.2, 0.25) is 0 Å². The molecule has 0 fully saturated rings. The Kier molecular flexibility index (Phi) is 7.44. The first-order valence-electron chi connectivity index (χ1n) is 9.61. The molecule has 2 amide bonds. The van der Waals surface area contributed by atoms with Gasteiger partial charge in [-0.3, -0.25) is 10.6 Å². The maximum Gasteiger partial charge on any atom is 0.409 e. The van der Waals surface area contributed by atoms with Gasteiger partial charge >= 0.3 is 12.2 Å². The number of hydrogen-bond donors (Lipinski definition) is 2. The van der Waals surface area contributed by atoms with Gasteiger partial charge in [-0.15, -0.1) is 0 Å². The van der Waals surface area contributed by atoms with Crippen molar-refractivity contribution in [2.24, 2.45) is 0 Å². The third-order valence-corrected chi connectivity index (χ3v) is 4.36. The summed E-state index contributed by atoms with van der Waals surface area (Å²) in [5, 5.41) is 5.36. The zero-order valence-electron chi connectivity index (χ0n) is 16.7. The lowest BCUT2D eigenvalue weighted by Gasteiger charge is -2.20. The number of aryl methyl sites for hydroxylation is 1. The van der Waals surface area contributed by atoms with Crippen LogP contribution in [0, 0.1) is 6.92 Å². The Morgan fingerprint density at radius 1 is 0.700 bits per heavy atom. The van der Waals surface area contributed by atoms with Gasteiger partial charge in [0.15, 0.2) is 0 Å². The summed E-state index contributed by atoms with van der Waals surface area (Å²) in [6, 6.07) is 26.2. The maximum atomic E-state index is 12.3. The van der Waals surface area contributed by atoms with Crippen molar-refractivity contribution in [3.8, 4) is 0 Å². The van der Waals surface area contributed by atoms with Crippen molar-refractivity contribution in [1.29, 1.82) is 0 Å². The molecule has 0 spiro atoms. The van der Waals surface area contributed by atoms with Crippen LogP contribution in [0.3, 0.4) is 0 Å². The van der Waals surface area contributed by atoms with Crippen molar-refractivity contribution in [1.82, 2.24) is 10.6 Å². The molecule has 154 valence electrons. The molecule has 0 aromatic heterocycles. The fraction of sp³-hybridized carbons (Fsp3) is 0.167. The van der Waals surface area contributed by atoms with Gasteiger partial charge in [-0.05, 0) is 23.6 Å². The number of ether oxygens (including phenoxy) is 2. The number of nitrogens with one attached hydrogen (secondary N) is 2. The normalized spacial score (nSPS) is 10.3. The van der Waals surface area contributed by atoms with E-state index >= 15 is 0 Å². The molecule has 6 heteroatoms. The fourth-order valence-electron chi connectivity index (χ4n) is 2.73. The molecule has 3 rings (SSSR count). The van der Waals surface area contributed by atoms with E-state index in [1.54, 1.807) is 0 Å². The lowest BCUT2D eigenvalue weighted by molar-refractivity contribution is 0.122. The van der Waals surface area contributed by atoms with E-state index in [2.05, 4.69) is 10.6 Å². The van der Waals surface area contributed by atoms with E-state index in [0.717, 1.165) is 16.7 Å². The third-order valence-electron chi connectivity index (χ3n) is 4.36. The first-order chi connectivity index (χ1) is 14.6. The van der Waals surface area contributed by atoms with Gasteiger partial charge in [0.25, 0.3) is 0 Å². The van der Waals surface area contributed by atoms with E-state index in [1.165, 1.54) is 0 Å². The first kappa shape index (κ1) is 20.9. The van der Waals surface area contributed by atoms with E-state index in [-0.39, 0.29) is 13.2 Å². The SMILES string of the molecule is Cc1ccc(C(NC(=O)OCc2ccccc2)NC(=O)OCc2ccccc2)cc1. The molecule has 3 aromatic rings. The van der Waals surface area contributed by atoms with Crippen LogP contribution >= 0.6 is 0 Å². The van der Waals surface area contributed by atoms with Crippen LogP contribution in [0.15, 0.2) is 84.9 Å². The zero-order chi connectivity index (χ0) is 21.2. The molecule has 0 radical (unpaired) electrons. The summed E-state index contributed by atoms with van der Waals surface area (Å²) in [5.41, 5.74) is 3.51. The molecule has 0 heterocycles. The van der Waals surface area contributed by atoms with E-state index in [0.29, 0.717) is 5.56 Å². The molecular weight excluding hydrogens is 380 g/mol.